The summed E-state index contributed by atoms with van der Waals surface area (Å²) in [5.74, 6) is 0.432. The van der Waals surface area contributed by atoms with E-state index in [0.717, 1.165) is 39.0 Å². The van der Waals surface area contributed by atoms with Gasteiger partial charge in [-0.1, -0.05) is 55.7 Å². The van der Waals surface area contributed by atoms with Crippen LogP contribution in [0.3, 0.4) is 0 Å². The average molecular weight is 528 g/mol. The molecule has 0 aromatic heterocycles. The van der Waals surface area contributed by atoms with Gasteiger partial charge in [0.05, 0.1) is 0 Å². The number of hydrogen-bond acceptors (Lipinski definition) is 3. The highest BCUT2D eigenvalue weighted by Gasteiger charge is 2.38. The van der Waals surface area contributed by atoms with Gasteiger partial charge in [0.25, 0.3) is 5.91 Å². The zero-order chi connectivity index (χ0) is 27.4. The van der Waals surface area contributed by atoms with Crippen LogP contribution in [0.15, 0.2) is 72.8 Å². The molecule has 1 saturated carbocycles. The minimum absolute atomic E-state index is 0.0446. The predicted molar refractivity (Wildman–Crippen MR) is 158 cm³/mol. The summed E-state index contributed by atoms with van der Waals surface area (Å²) in [5, 5.41) is 0. The van der Waals surface area contributed by atoms with E-state index < -0.39 is 0 Å². The fourth-order valence-electron chi connectivity index (χ4n) is 6.59. The maximum absolute atomic E-state index is 13.9. The summed E-state index contributed by atoms with van der Waals surface area (Å²) in [5.41, 5.74) is 5.82. The number of carbonyl (C=O) groups excluding carboxylic acids is 1. The van der Waals surface area contributed by atoms with E-state index in [1.165, 1.54) is 53.8 Å². The Hall–Kier alpha value is -3.18. The molecule has 1 saturated heterocycles. The highest BCUT2D eigenvalue weighted by molar-refractivity contribution is 5.94. The molecule has 1 aliphatic carbocycles. The quantitative estimate of drug-likeness (QED) is 0.319. The number of rotatable bonds is 8. The summed E-state index contributed by atoms with van der Waals surface area (Å²) in [6.45, 7) is 5.78. The molecule has 1 amide bonds. The van der Waals surface area contributed by atoms with Crippen molar-refractivity contribution < 1.29 is 9.18 Å². The molecule has 2 aliphatic rings. The Morgan fingerprint density at radius 3 is 2.26 bits per heavy atom. The van der Waals surface area contributed by atoms with Crippen LogP contribution >= 0.6 is 0 Å². The lowest BCUT2D eigenvalue weighted by Crippen LogP contribution is -2.45. The molecule has 39 heavy (non-hydrogen) atoms. The number of nitrogens with zero attached hydrogens (tertiary/aromatic N) is 3. The van der Waals surface area contributed by atoms with Crippen molar-refractivity contribution in [1.29, 1.82) is 0 Å². The van der Waals surface area contributed by atoms with Crippen LogP contribution in [0.2, 0.25) is 0 Å². The van der Waals surface area contributed by atoms with Gasteiger partial charge >= 0.3 is 0 Å². The first-order valence-corrected chi connectivity index (χ1v) is 14.5. The molecule has 5 rings (SSSR count). The molecular formula is C34H42FN3O. The standard InChI is InChI=1S/C34H42FN3O/c1-25-9-7-8-12-32(25)33-24-37(21-26-13-19-30(20-14-26)36(2)3)22-28(33)23-38(31-10-5-4-6-11-31)34(39)27-15-17-29(35)18-16-27/h7-9,12-20,28,31,33H,4-6,10-11,21-24H2,1-3H3. The third-order valence-electron chi connectivity index (χ3n) is 8.76. The van der Waals surface area contributed by atoms with Crippen molar-refractivity contribution in [3.63, 3.8) is 0 Å². The second-order valence-electron chi connectivity index (χ2n) is 11.7. The van der Waals surface area contributed by atoms with Crippen molar-refractivity contribution in [3.05, 3.63) is 101 Å². The van der Waals surface area contributed by atoms with Crippen molar-refractivity contribution >= 4 is 11.6 Å². The Labute approximate surface area is 233 Å². The Morgan fingerprint density at radius 1 is 0.897 bits per heavy atom. The molecule has 2 atom stereocenters. The summed E-state index contributed by atoms with van der Waals surface area (Å²) < 4.78 is 13.7. The molecule has 5 heteroatoms. The number of aryl methyl sites for hydroxylation is 1. The average Bonchev–Trinajstić information content (AvgIpc) is 3.34. The predicted octanol–water partition coefficient (Wildman–Crippen LogP) is 6.89. The van der Waals surface area contributed by atoms with E-state index in [4.69, 9.17) is 0 Å². The maximum Gasteiger partial charge on any atom is 0.254 e. The number of benzene rings is 3. The van der Waals surface area contributed by atoms with E-state index >= 15 is 0 Å². The lowest BCUT2D eigenvalue weighted by molar-refractivity contribution is 0.0588. The third kappa shape index (κ3) is 6.52. The monoisotopic (exact) mass is 527 g/mol. The second-order valence-corrected chi connectivity index (χ2v) is 11.7. The fourth-order valence-corrected chi connectivity index (χ4v) is 6.59. The first-order chi connectivity index (χ1) is 18.9. The summed E-state index contributed by atoms with van der Waals surface area (Å²) in [6, 6.07) is 23.9. The van der Waals surface area contributed by atoms with Crippen LogP contribution in [0.4, 0.5) is 10.1 Å². The largest absolute Gasteiger partial charge is 0.378 e. The molecule has 4 nitrogen and oxygen atoms in total. The number of amides is 1. The molecule has 3 aromatic rings. The Bertz CT molecular complexity index is 1230. The van der Waals surface area contributed by atoms with E-state index in [-0.39, 0.29) is 17.8 Å². The SMILES string of the molecule is Cc1ccccc1C1CN(Cc2ccc(N(C)C)cc2)CC1CN(C(=O)c1ccc(F)cc1)C1CCCCC1. The smallest absolute Gasteiger partial charge is 0.254 e. The summed E-state index contributed by atoms with van der Waals surface area (Å²) in [7, 11) is 4.14. The molecular weight excluding hydrogens is 485 g/mol. The van der Waals surface area contributed by atoms with E-state index in [1.807, 2.05) is 0 Å². The number of carbonyl (C=O) groups is 1. The molecule has 2 unspecified atom stereocenters. The van der Waals surface area contributed by atoms with Gasteiger partial charge in [-0.2, -0.15) is 0 Å². The van der Waals surface area contributed by atoms with Crippen molar-refractivity contribution in [2.24, 2.45) is 5.92 Å². The second kappa shape index (κ2) is 12.3. The molecule has 1 heterocycles. The fraction of sp³-hybridized carbons (Fsp3) is 0.441. The summed E-state index contributed by atoms with van der Waals surface area (Å²) in [6.07, 6.45) is 5.68. The lowest BCUT2D eigenvalue weighted by Gasteiger charge is -2.37. The van der Waals surface area contributed by atoms with Gasteiger partial charge in [0.15, 0.2) is 0 Å². The zero-order valence-electron chi connectivity index (χ0n) is 23.7. The number of likely N-dealkylation sites (tertiary alicyclic amines) is 1. The van der Waals surface area contributed by atoms with Crippen molar-refractivity contribution in [3.8, 4) is 0 Å². The van der Waals surface area contributed by atoms with E-state index in [0.29, 0.717) is 17.4 Å². The first-order valence-electron chi connectivity index (χ1n) is 14.5. The normalized spacial score (nSPS) is 20.2. The van der Waals surface area contributed by atoms with Gasteiger partial charge in [0, 0.05) is 63.5 Å². The van der Waals surface area contributed by atoms with Crippen LogP contribution in [0.5, 0.6) is 0 Å². The number of anilines is 1. The number of hydrogen-bond donors (Lipinski definition) is 0. The molecule has 0 N–H and O–H groups in total. The summed E-state index contributed by atoms with van der Waals surface area (Å²) >= 11 is 0. The van der Waals surface area contributed by atoms with Crippen molar-refractivity contribution in [2.45, 2.75) is 57.5 Å². The van der Waals surface area contributed by atoms with Crippen molar-refractivity contribution in [1.82, 2.24) is 9.80 Å². The number of halogens is 1. The van der Waals surface area contributed by atoms with Crippen LogP contribution in [-0.2, 0) is 6.54 Å². The highest BCUT2D eigenvalue weighted by atomic mass is 19.1. The highest BCUT2D eigenvalue weighted by Crippen LogP contribution is 2.37. The lowest BCUT2D eigenvalue weighted by atomic mass is 9.85. The Morgan fingerprint density at radius 2 is 1.59 bits per heavy atom. The molecule has 0 spiro atoms. The van der Waals surface area contributed by atoms with Crippen LogP contribution in [-0.4, -0.2) is 55.5 Å². The first kappa shape index (κ1) is 27.4. The van der Waals surface area contributed by atoms with Crippen LogP contribution in [0.1, 0.15) is 65.1 Å². The van der Waals surface area contributed by atoms with E-state index in [2.05, 4.69) is 84.2 Å². The van der Waals surface area contributed by atoms with Gasteiger partial charge in [0.2, 0.25) is 0 Å². The van der Waals surface area contributed by atoms with Crippen LogP contribution in [0, 0.1) is 18.7 Å². The minimum atomic E-state index is -0.305. The minimum Gasteiger partial charge on any atom is -0.378 e. The van der Waals surface area contributed by atoms with Gasteiger partial charge in [-0.05, 0) is 78.8 Å². The summed E-state index contributed by atoms with van der Waals surface area (Å²) in [4.78, 5) is 20.7. The van der Waals surface area contributed by atoms with Crippen LogP contribution < -0.4 is 4.90 Å². The van der Waals surface area contributed by atoms with Gasteiger partial charge < -0.3 is 9.80 Å². The van der Waals surface area contributed by atoms with E-state index in [1.54, 1.807) is 12.1 Å². The van der Waals surface area contributed by atoms with Gasteiger partial charge in [-0.25, -0.2) is 4.39 Å². The molecule has 0 radical (unpaired) electrons. The molecule has 206 valence electrons. The molecule has 1 aliphatic heterocycles. The van der Waals surface area contributed by atoms with Crippen molar-refractivity contribution in [2.75, 3.05) is 38.6 Å². The molecule has 3 aromatic carbocycles. The zero-order valence-corrected chi connectivity index (χ0v) is 23.7. The van der Waals surface area contributed by atoms with Gasteiger partial charge in [0.1, 0.15) is 5.82 Å². The third-order valence-corrected chi connectivity index (χ3v) is 8.76. The van der Waals surface area contributed by atoms with Gasteiger partial charge in [-0.3, -0.25) is 9.69 Å². The van der Waals surface area contributed by atoms with Gasteiger partial charge in [-0.15, -0.1) is 0 Å². The molecule has 2 fully saturated rings. The topological polar surface area (TPSA) is 26.8 Å². The Balaban J connectivity index is 1.41. The maximum atomic E-state index is 13.9. The van der Waals surface area contributed by atoms with Crippen LogP contribution in [0.25, 0.3) is 0 Å². The Kier molecular flexibility index (Phi) is 8.66. The molecule has 0 bridgehead atoms. The van der Waals surface area contributed by atoms with E-state index in [9.17, 15) is 9.18 Å².